The largest absolute Gasteiger partial charge is 0.452 e. The lowest BCUT2D eigenvalue weighted by Crippen LogP contribution is -2.00. The number of hydrogen-bond donors (Lipinski definition) is 0. The first-order valence-corrected chi connectivity index (χ1v) is 17.6. The van der Waals surface area contributed by atoms with E-state index in [-0.39, 0.29) is 0 Å². The summed E-state index contributed by atoms with van der Waals surface area (Å²) in [4.78, 5) is 10.2. The molecule has 0 N–H and O–H groups in total. The number of aromatic nitrogens is 3. The molecular formula is C47H33N3O. The third kappa shape index (κ3) is 4.91. The highest BCUT2D eigenvalue weighted by molar-refractivity contribution is 6.14. The minimum atomic E-state index is 0.561. The zero-order chi connectivity index (χ0) is 33.9. The van der Waals surface area contributed by atoms with E-state index in [0.29, 0.717) is 17.3 Å². The van der Waals surface area contributed by atoms with Gasteiger partial charge >= 0.3 is 0 Å². The molecule has 1 aliphatic rings. The summed E-state index contributed by atoms with van der Waals surface area (Å²) in [5, 5.41) is 3.53. The molecule has 10 rings (SSSR count). The third-order valence-corrected chi connectivity index (χ3v) is 10.2. The van der Waals surface area contributed by atoms with Gasteiger partial charge in [0.1, 0.15) is 16.8 Å². The van der Waals surface area contributed by atoms with Crippen LogP contribution in [0.4, 0.5) is 0 Å². The van der Waals surface area contributed by atoms with Crippen LogP contribution in [0.15, 0.2) is 168 Å². The normalized spacial score (nSPS) is 14.5. The second-order valence-electron chi connectivity index (χ2n) is 13.4. The Morgan fingerprint density at radius 2 is 1.31 bits per heavy atom. The fourth-order valence-corrected chi connectivity index (χ4v) is 7.59. The third-order valence-electron chi connectivity index (χ3n) is 10.2. The van der Waals surface area contributed by atoms with E-state index in [4.69, 9.17) is 14.4 Å². The number of hydrogen-bond acceptors (Lipinski definition) is 3. The van der Waals surface area contributed by atoms with E-state index >= 15 is 0 Å². The highest BCUT2D eigenvalue weighted by atomic mass is 16.3. The molecule has 1 aliphatic carbocycles. The van der Waals surface area contributed by atoms with Crippen LogP contribution in [0, 0.1) is 5.92 Å². The van der Waals surface area contributed by atoms with Crippen LogP contribution in [0.3, 0.4) is 0 Å². The lowest BCUT2D eigenvalue weighted by atomic mass is 9.97. The molecule has 0 saturated heterocycles. The molecule has 3 heterocycles. The first kappa shape index (κ1) is 29.4. The maximum Gasteiger partial charge on any atom is 0.180 e. The molecule has 6 aromatic carbocycles. The Hall–Kier alpha value is -6.52. The summed E-state index contributed by atoms with van der Waals surface area (Å²) in [5.74, 6) is 1.24. The Labute approximate surface area is 295 Å². The van der Waals surface area contributed by atoms with Crippen molar-refractivity contribution in [3.63, 3.8) is 0 Å². The molecule has 242 valence electrons. The van der Waals surface area contributed by atoms with E-state index in [1.165, 1.54) is 38.6 Å². The topological polar surface area (TPSA) is 43.9 Å². The van der Waals surface area contributed by atoms with Crippen LogP contribution in [0.2, 0.25) is 0 Å². The molecule has 0 aliphatic heterocycles. The van der Waals surface area contributed by atoms with Crippen molar-refractivity contribution in [3.05, 3.63) is 164 Å². The fraction of sp³-hybridized carbons (Fsp3) is 0.0638. The maximum atomic E-state index is 6.58. The van der Waals surface area contributed by atoms with Crippen molar-refractivity contribution in [2.45, 2.75) is 13.3 Å². The molecule has 4 nitrogen and oxygen atoms in total. The number of fused-ring (bicyclic) bond motifs is 6. The van der Waals surface area contributed by atoms with Crippen molar-refractivity contribution < 1.29 is 4.42 Å². The summed E-state index contributed by atoms with van der Waals surface area (Å²) in [6.07, 6.45) is 8.01. The highest BCUT2D eigenvalue weighted by Crippen LogP contribution is 2.41. The van der Waals surface area contributed by atoms with Gasteiger partial charge in [-0.1, -0.05) is 146 Å². The Bertz CT molecular complexity index is 2820. The first-order chi connectivity index (χ1) is 25.2. The predicted molar refractivity (Wildman–Crippen MR) is 211 cm³/mol. The van der Waals surface area contributed by atoms with Gasteiger partial charge in [-0.2, -0.15) is 0 Å². The van der Waals surface area contributed by atoms with E-state index in [1.54, 1.807) is 0 Å². The van der Waals surface area contributed by atoms with Crippen LogP contribution in [0.25, 0.3) is 94.5 Å². The molecule has 4 heteroatoms. The monoisotopic (exact) mass is 655 g/mol. The van der Waals surface area contributed by atoms with Crippen LogP contribution in [-0.4, -0.2) is 14.5 Å². The number of allylic oxidation sites excluding steroid dienone is 4. The standard InChI is InChI=1S/C47H33N3O/c1-30-19-26-36(27-20-30)50-40-17-9-8-15-38(40)39-28-25-35(29-41(39)50)31-21-23-32(24-22-31)37-16-10-18-42-43(37)45-46(51-42)44(33-11-4-2-5-12-33)48-47(49-45)34-13-6-3-7-14-34/h2-19,21-30H,20H2,1H3. The summed E-state index contributed by atoms with van der Waals surface area (Å²) in [6, 6.07) is 51.1. The number of nitrogens with zero attached hydrogens (tertiary/aromatic N) is 3. The molecular weight excluding hydrogens is 623 g/mol. The van der Waals surface area contributed by atoms with Crippen molar-refractivity contribution >= 4 is 49.6 Å². The number of para-hydroxylation sites is 1. The van der Waals surface area contributed by atoms with Crippen molar-refractivity contribution in [1.82, 2.24) is 14.5 Å². The minimum Gasteiger partial charge on any atom is -0.452 e. The molecule has 0 radical (unpaired) electrons. The quantitative estimate of drug-likeness (QED) is 0.185. The van der Waals surface area contributed by atoms with Gasteiger partial charge in [-0.05, 0) is 58.9 Å². The second-order valence-corrected chi connectivity index (χ2v) is 13.4. The summed E-state index contributed by atoms with van der Waals surface area (Å²) < 4.78 is 9.00. The lowest BCUT2D eigenvalue weighted by Gasteiger charge is -2.15. The van der Waals surface area contributed by atoms with E-state index in [0.717, 1.165) is 50.9 Å². The molecule has 0 bridgehead atoms. The smallest absolute Gasteiger partial charge is 0.180 e. The second kappa shape index (κ2) is 11.8. The molecule has 0 amide bonds. The molecule has 1 unspecified atom stereocenters. The summed E-state index contributed by atoms with van der Waals surface area (Å²) >= 11 is 0. The van der Waals surface area contributed by atoms with Crippen LogP contribution >= 0.6 is 0 Å². The summed E-state index contributed by atoms with van der Waals surface area (Å²) in [5.41, 5.74) is 13.3. The number of rotatable bonds is 5. The fourth-order valence-electron chi connectivity index (χ4n) is 7.59. The molecule has 0 saturated carbocycles. The lowest BCUT2D eigenvalue weighted by molar-refractivity contribution is 0.667. The Morgan fingerprint density at radius 3 is 2.10 bits per heavy atom. The van der Waals surface area contributed by atoms with Crippen LogP contribution in [0.5, 0.6) is 0 Å². The van der Waals surface area contributed by atoms with Gasteiger partial charge in [-0.3, -0.25) is 0 Å². The Balaban J connectivity index is 1.11. The maximum absolute atomic E-state index is 6.58. The molecule has 9 aromatic rings. The average molecular weight is 656 g/mol. The first-order valence-electron chi connectivity index (χ1n) is 17.6. The molecule has 0 spiro atoms. The number of furan rings is 1. The van der Waals surface area contributed by atoms with Crippen molar-refractivity contribution in [2.24, 2.45) is 5.92 Å². The molecule has 1 atom stereocenters. The van der Waals surface area contributed by atoms with Gasteiger partial charge in [0.2, 0.25) is 0 Å². The van der Waals surface area contributed by atoms with E-state index in [1.807, 2.05) is 42.5 Å². The van der Waals surface area contributed by atoms with Gasteiger partial charge in [0.25, 0.3) is 0 Å². The summed E-state index contributed by atoms with van der Waals surface area (Å²) in [7, 11) is 0. The van der Waals surface area contributed by atoms with E-state index in [2.05, 4.69) is 133 Å². The van der Waals surface area contributed by atoms with E-state index in [9.17, 15) is 0 Å². The summed E-state index contributed by atoms with van der Waals surface area (Å²) in [6.45, 7) is 2.27. The van der Waals surface area contributed by atoms with Crippen LogP contribution in [-0.2, 0) is 0 Å². The van der Waals surface area contributed by atoms with Crippen LogP contribution in [0.1, 0.15) is 13.3 Å². The molecule has 3 aromatic heterocycles. The zero-order valence-electron chi connectivity index (χ0n) is 28.1. The Kier molecular flexibility index (Phi) is 6.81. The van der Waals surface area contributed by atoms with Gasteiger partial charge in [0.05, 0.1) is 16.4 Å². The average Bonchev–Trinajstić information content (AvgIpc) is 3.74. The van der Waals surface area contributed by atoms with Crippen molar-refractivity contribution in [2.75, 3.05) is 0 Å². The van der Waals surface area contributed by atoms with Crippen LogP contribution < -0.4 is 0 Å². The highest BCUT2D eigenvalue weighted by Gasteiger charge is 2.21. The molecule has 51 heavy (non-hydrogen) atoms. The van der Waals surface area contributed by atoms with Crippen molar-refractivity contribution in [1.29, 1.82) is 0 Å². The van der Waals surface area contributed by atoms with Gasteiger partial charge in [-0.25, -0.2) is 9.97 Å². The van der Waals surface area contributed by atoms with Gasteiger partial charge in [0, 0.05) is 27.6 Å². The van der Waals surface area contributed by atoms with Gasteiger partial charge in [-0.15, -0.1) is 0 Å². The Morgan fingerprint density at radius 1 is 0.608 bits per heavy atom. The SMILES string of the molecule is CC1C=CC(n2c3ccccc3c3ccc(-c4ccc(-c5cccc6oc7c(-c8ccccc8)nc(-c8ccccc8)nc7c56)cc4)cc32)=CC1. The predicted octanol–water partition coefficient (Wildman–Crippen LogP) is 12.6. The van der Waals surface area contributed by atoms with Gasteiger partial charge < -0.3 is 8.98 Å². The minimum absolute atomic E-state index is 0.561. The molecule has 0 fully saturated rings. The number of benzene rings is 6. The van der Waals surface area contributed by atoms with E-state index < -0.39 is 0 Å². The van der Waals surface area contributed by atoms with Gasteiger partial charge in [0.15, 0.2) is 11.4 Å². The zero-order valence-corrected chi connectivity index (χ0v) is 28.1. The van der Waals surface area contributed by atoms with Crippen molar-refractivity contribution in [3.8, 4) is 44.9 Å².